The monoisotopic (exact) mass is 411 g/mol. The van der Waals surface area contributed by atoms with Gasteiger partial charge in [-0.2, -0.15) is 0 Å². The molecule has 3 aromatic rings. The lowest BCUT2D eigenvalue weighted by atomic mass is 10.1. The third kappa shape index (κ3) is 4.56. The van der Waals surface area contributed by atoms with Gasteiger partial charge in [0.2, 0.25) is 0 Å². The van der Waals surface area contributed by atoms with Gasteiger partial charge in [-0.25, -0.2) is 4.79 Å². The number of rotatable bonds is 7. The number of likely N-dealkylation sites (N-methyl/N-ethyl adjacent to an activating group) is 1. The number of carbonyl (C=O) groups excluding carboxylic acids is 1. The van der Waals surface area contributed by atoms with Crippen molar-refractivity contribution in [3.8, 4) is 17.2 Å². The number of amides is 1. The van der Waals surface area contributed by atoms with Gasteiger partial charge in [-0.15, -0.1) is 0 Å². The van der Waals surface area contributed by atoms with Crippen LogP contribution in [0.5, 0.6) is 17.2 Å². The minimum absolute atomic E-state index is 0.166. The normalized spacial score (nSPS) is 11.8. The number of hydrogen-bond acceptors (Lipinski definition) is 6. The Kier molecular flexibility index (Phi) is 6.30. The highest BCUT2D eigenvalue weighted by molar-refractivity contribution is 5.83. The molecule has 7 nitrogen and oxygen atoms in total. The van der Waals surface area contributed by atoms with E-state index >= 15 is 0 Å². The van der Waals surface area contributed by atoms with Crippen molar-refractivity contribution in [3.05, 3.63) is 64.0 Å². The minimum atomic E-state index is -0.691. The molecule has 1 amide bonds. The van der Waals surface area contributed by atoms with Gasteiger partial charge in [-0.05, 0) is 55.3 Å². The first-order valence-corrected chi connectivity index (χ1v) is 9.49. The van der Waals surface area contributed by atoms with Gasteiger partial charge in [0.15, 0.2) is 17.6 Å². The van der Waals surface area contributed by atoms with E-state index in [-0.39, 0.29) is 5.91 Å². The fourth-order valence-corrected chi connectivity index (χ4v) is 3.27. The van der Waals surface area contributed by atoms with Gasteiger partial charge in [0, 0.05) is 25.0 Å². The van der Waals surface area contributed by atoms with Gasteiger partial charge >= 0.3 is 5.63 Å². The Morgan fingerprint density at radius 3 is 2.50 bits per heavy atom. The average molecular weight is 411 g/mol. The zero-order chi connectivity index (χ0) is 21.8. The molecule has 0 radical (unpaired) electrons. The summed E-state index contributed by atoms with van der Waals surface area (Å²) in [6.07, 6.45) is -0.691. The molecule has 0 fully saturated rings. The first-order valence-electron chi connectivity index (χ1n) is 9.49. The van der Waals surface area contributed by atoms with Crippen LogP contribution in [0.2, 0.25) is 0 Å². The minimum Gasteiger partial charge on any atom is -0.493 e. The first-order chi connectivity index (χ1) is 14.3. The maximum atomic E-state index is 12.8. The van der Waals surface area contributed by atoms with Crippen molar-refractivity contribution < 1.29 is 23.4 Å². The molecule has 1 heterocycles. The second-order valence-corrected chi connectivity index (χ2v) is 7.05. The Labute approximate surface area is 174 Å². The van der Waals surface area contributed by atoms with Crippen LogP contribution >= 0.6 is 0 Å². The van der Waals surface area contributed by atoms with E-state index < -0.39 is 11.7 Å². The molecule has 3 rings (SSSR count). The molecular weight excluding hydrogens is 386 g/mol. The summed E-state index contributed by atoms with van der Waals surface area (Å²) in [5.41, 5.74) is 1.79. The molecule has 158 valence electrons. The number of methoxy groups -OCH3 is 2. The van der Waals surface area contributed by atoms with Crippen LogP contribution < -0.4 is 19.8 Å². The van der Waals surface area contributed by atoms with Crippen molar-refractivity contribution >= 4 is 16.9 Å². The SMILES string of the molecule is COc1ccc(CN(C)C(=O)C(C)Oc2ccc3oc(=O)cc(C)c3c2)cc1OC. The van der Waals surface area contributed by atoms with E-state index in [1.807, 2.05) is 25.1 Å². The maximum absolute atomic E-state index is 12.8. The molecule has 1 aromatic heterocycles. The standard InChI is InChI=1S/C23H25NO6/c1-14-10-22(25)30-19-9-7-17(12-18(14)19)29-15(2)23(26)24(3)13-16-6-8-20(27-4)21(11-16)28-5/h6-12,15H,13H2,1-5H3. The van der Waals surface area contributed by atoms with Crippen molar-refractivity contribution in [2.45, 2.75) is 26.5 Å². The van der Waals surface area contributed by atoms with Gasteiger partial charge in [-0.1, -0.05) is 6.07 Å². The molecular formula is C23H25NO6. The molecule has 0 aliphatic rings. The summed E-state index contributed by atoms with van der Waals surface area (Å²) in [4.78, 5) is 25.9. The number of benzene rings is 2. The second-order valence-electron chi connectivity index (χ2n) is 7.05. The number of aryl methyl sites for hydroxylation is 1. The molecule has 1 atom stereocenters. The van der Waals surface area contributed by atoms with E-state index in [9.17, 15) is 9.59 Å². The molecule has 0 N–H and O–H groups in total. The quantitative estimate of drug-likeness (QED) is 0.554. The van der Waals surface area contributed by atoms with Crippen LogP contribution in [0, 0.1) is 6.92 Å². The predicted molar refractivity (Wildman–Crippen MR) is 113 cm³/mol. The van der Waals surface area contributed by atoms with Gasteiger partial charge < -0.3 is 23.5 Å². The summed E-state index contributed by atoms with van der Waals surface area (Å²) in [5, 5.41) is 0.769. The molecule has 0 aliphatic heterocycles. The summed E-state index contributed by atoms with van der Waals surface area (Å²) in [6, 6.07) is 12.1. The summed E-state index contributed by atoms with van der Waals surface area (Å²) in [6.45, 7) is 3.93. The summed E-state index contributed by atoms with van der Waals surface area (Å²) in [5.74, 6) is 1.61. The van der Waals surface area contributed by atoms with Crippen LogP contribution in [0.4, 0.5) is 0 Å². The fourth-order valence-electron chi connectivity index (χ4n) is 3.27. The van der Waals surface area contributed by atoms with Crippen molar-refractivity contribution in [1.29, 1.82) is 0 Å². The molecule has 2 aromatic carbocycles. The largest absolute Gasteiger partial charge is 0.493 e. The lowest BCUT2D eigenvalue weighted by molar-refractivity contribution is -0.137. The highest BCUT2D eigenvalue weighted by Gasteiger charge is 2.20. The van der Waals surface area contributed by atoms with E-state index in [0.29, 0.717) is 29.4 Å². The van der Waals surface area contributed by atoms with E-state index in [1.54, 1.807) is 51.3 Å². The average Bonchev–Trinajstić information content (AvgIpc) is 2.73. The summed E-state index contributed by atoms with van der Waals surface area (Å²) in [7, 11) is 4.87. The Balaban J connectivity index is 1.71. The molecule has 0 bridgehead atoms. The Hall–Kier alpha value is -3.48. The van der Waals surface area contributed by atoms with Crippen LogP contribution in [0.1, 0.15) is 18.1 Å². The van der Waals surface area contributed by atoms with Crippen molar-refractivity contribution in [3.63, 3.8) is 0 Å². The summed E-state index contributed by atoms with van der Waals surface area (Å²) >= 11 is 0. The topological polar surface area (TPSA) is 78.2 Å². The van der Waals surface area contributed by atoms with Crippen LogP contribution in [0.3, 0.4) is 0 Å². The smallest absolute Gasteiger partial charge is 0.336 e. The molecule has 1 unspecified atom stereocenters. The van der Waals surface area contributed by atoms with Crippen molar-refractivity contribution in [1.82, 2.24) is 4.90 Å². The number of nitrogens with zero attached hydrogens (tertiary/aromatic N) is 1. The number of fused-ring (bicyclic) bond motifs is 1. The highest BCUT2D eigenvalue weighted by atomic mass is 16.5. The fraction of sp³-hybridized carbons (Fsp3) is 0.304. The van der Waals surface area contributed by atoms with E-state index in [2.05, 4.69) is 0 Å². The molecule has 0 spiro atoms. The van der Waals surface area contributed by atoms with Crippen LogP contribution in [-0.4, -0.2) is 38.2 Å². The van der Waals surface area contributed by atoms with Gasteiger partial charge in [0.1, 0.15) is 11.3 Å². The lowest BCUT2D eigenvalue weighted by Gasteiger charge is -2.23. The molecule has 30 heavy (non-hydrogen) atoms. The zero-order valence-corrected chi connectivity index (χ0v) is 17.7. The van der Waals surface area contributed by atoms with E-state index in [0.717, 1.165) is 16.5 Å². The zero-order valence-electron chi connectivity index (χ0n) is 17.7. The Morgan fingerprint density at radius 2 is 1.80 bits per heavy atom. The Bertz CT molecular complexity index is 1120. The Morgan fingerprint density at radius 1 is 1.07 bits per heavy atom. The van der Waals surface area contributed by atoms with Crippen LogP contribution in [0.15, 0.2) is 51.7 Å². The van der Waals surface area contributed by atoms with E-state index in [4.69, 9.17) is 18.6 Å². The maximum Gasteiger partial charge on any atom is 0.336 e. The number of hydrogen-bond donors (Lipinski definition) is 0. The lowest BCUT2D eigenvalue weighted by Crippen LogP contribution is -2.37. The first kappa shape index (κ1) is 21.2. The molecule has 0 aliphatic carbocycles. The molecule has 0 saturated heterocycles. The second kappa shape index (κ2) is 8.90. The predicted octanol–water partition coefficient (Wildman–Crippen LogP) is 3.54. The van der Waals surface area contributed by atoms with Gasteiger partial charge in [0.25, 0.3) is 5.91 Å². The van der Waals surface area contributed by atoms with Gasteiger partial charge in [0.05, 0.1) is 14.2 Å². The van der Waals surface area contributed by atoms with Gasteiger partial charge in [-0.3, -0.25) is 4.79 Å². The van der Waals surface area contributed by atoms with E-state index in [1.165, 1.54) is 6.07 Å². The van der Waals surface area contributed by atoms with Crippen molar-refractivity contribution in [2.24, 2.45) is 0 Å². The van der Waals surface area contributed by atoms with Crippen molar-refractivity contribution in [2.75, 3.05) is 21.3 Å². The van der Waals surface area contributed by atoms with Crippen LogP contribution in [-0.2, 0) is 11.3 Å². The highest BCUT2D eigenvalue weighted by Crippen LogP contribution is 2.28. The number of carbonyl (C=O) groups is 1. The third-order valence-electron chi connectivity index (χ3n) is 4.83. The third-order valence-corrected chi connectivity index (χ3v) is 4.83. The summed E-state index contributed by atoms with van der Waals surface area (Å²) < 4.78 is 21.6. The van der Waals surface area contributed by atoms with Crippen LogP contribution in [0.25, 0.3) is 11.0 Å². The number of ether oxygens (including phenoxy) is 3. The molecule has 0 saturated carbocycles. The molecule has 7 heteroatoms.